The number of rotatable bonds is 5. The Bertz CT molecular complexity index is 623. The monoisotopic (exact) mass is 307 g/mol. The highest BCUT2D eigenvalue weighted by atomic mass is 16.5. The highest BCUT2D eigenvalue weighted by molar-refractivity contribution is 5.23. The summed E-state index contributed by atoms with van der Waals surface area (Å²) >= 11 is 0. The molecule has 0 aliphatic carbocycles. The Balaban J connectivity index is 1.68. The van der Waals surface area contributed by atoms with Gasteiger partial charge in [-0.3, -0.25) is 9.58 Å². The average Bonchev–Trinajstić information content (AvgIpc) is 3.18. The molecule has 2 atom stereocenters. The maximum absolute atomic E-state index is 5.61. The van der Waals surface area contributed by atoms with Crippen molar-refractivity contribution in [2.45, 2.75) is 18.6 Å². The third-order valence-corrected chi connectivity index (χ3v) is 3.86. The summed E-state index contributed by atoms with van der Waals surface area (Å²) in [6.45, 7) is 2.24. The highest BCUT2D eigenvalue weighted by Gasteiger charge is 2.36. The Morgan fingerprint density at radius 3 is 2.82 bits per heavy atom. The number of aryl methyl sites for hydroxylation is 1. The minimum absolute atomic E-state index is 0.0907. The summed E-state index contributed by atoms with van der Waals surface area (Å²) < 4.78 is 12.6. The molecule has 1 fully saturated rings. The predicted octanol–water partition coefficient (Wildman–Crippen LogP) is -0.121. The molecule has 0 bridgehead atoms. The van der Waals surface area contributed by atoms with Gasteiger partial charge in [-0.05, 0) is 5.16 Å². The minimum Gasteiger partial charge on any atom is -0.379 e. The molecule has 3 heterocycles. The number of hydrogen-bond donors (Lipinski definition) is 0. The number of methoxy groups -OCH3 is 1. The lowest BCUT2D eigenvalue weighted by molar-refractivity contribution is 0.0946. The van der Waals surface area contributed by atoms with Crippen molar-refractivity contribution in [3.63, 3.8) is 0 Å². The van der Waals surface area contributed by atoms with Crippen molar-refractivity contribution in [2.75, 3.05) is 39.2 Å². The number of likely N-dealkylation sites (tertiary alicyclic amines) is 1. The Morgan fingerprint density at radius 2 is 2.23 bits per heavy atom. The van der Waals surface area contributed by atoms with Crippen LogP contribution >= 0.6 is 0 Å². The molecule has 2 aromatic rings. The van der Waals surface area contributed by atoms with E-state index in [4.69, 9.17) is 9.26 Å². The SMILES string of the molecule is CO[C@@H]1CN(Cc2nc(N(C)C)no2)C[C@H]1c1cn(C)nn1. The summed E-state index contributed by atoms with van der Waals surface area (Å²) in [5.74, 6) is 1.40. The molecule has 0 N–H and O–H groups in total. The Labute approximate surface area is 128 Å². The van der Waals surface area contributed by atoms with Gasteiger partial charge in [-0.25, -0.2) is 0 Å². The lowest BCUT2D eigenvalue weighted by atomic mass is 10.0. The van der Waals surface area contributed by atoms with E-state index in [1.54, 1.807) is 11.8 Å². The minimum atomic E-state index is 0.0907. The fourth-order valence-electron chi connectivity index (χ4n) is 2.72. The van der Waals surface area contributed by atoms with Crippen LogP contribution in [0.4, 0.5) is 5.95 Å². The largest absolute Gasteiger partial charge is 0.379 e. The molecule has 120 valence electrons. The molecule has 1 aliphatic rings. The van der Waals surface area contributed by atoms with E-state index < -0.39 is 0 Å². The molecule has 0 radical (unpaired) electrons. The smallest absolute Gasteiger partial charge is 0.265 e. The van der Waals surface area contributed by atoms with Gasteiger partial charge in [0.2, 0.25) is 5.89 Å². The van der Waals surface area contributed by atoms with Crippen LogP contribution in [0.2, 0.25) is 0 Å². The topological polar surface area (TPSA) is 85.3 Å². The van der Waals surface area contributed by atoms with E-state index in [1.165, 1.54) is 0 Å². The van der Waals surface area contributed by atoms with Gasteiger partial charge in [0.1, 0.15) is 0 Å². The summed E-state index contributed by atoms with van der Waals surface area (Å²) in [5, 5.41) is 12.2. The fraction of sp³-hybridized carbons (Fsp3) is 0.692. The Morgan fingerprint density at radius 1 is 1.41 bits per heavy atom. The third-order valence-electron chi connectivity index (χ3n) is 3.86. The first-order valence-electron chi connectivity index (χ1n) is 7.18. The van der Waals surface area contributed by atoms with Gasteiger partial charge in [0.25, 0.3) is 5.95 Å². The molecule has 0 aromatic carbocycles. The second kappa shape index (κ2) is 6.01. The van der Waals surface area contributed by atoms with E-state index in [-0.39, 0.29) is 12.0 Å². The number of anilines is 1. The molecule has 22 heavy (non-hydrogen) atoms. The summed E-state index contributed by atoms with van der Waals surface area (Å²) in [5.41, 5.74) is 0.955. The van der Waals surface area contributed by atoms with Gasteiger partial charge in [0, 0.05) is 53.5 Å². The lowest BCUT2D eigenvalue weighted by Crippen LogP contribution is -2.22. The molecule has 0 spiro atoms. The van der Waals surface area contributed by atoms with Gasteiger partial charge < -0.3 is 14.2 Å². The first kappa shape index (κ1) is 14.9. The second-order valence-electron chi connectivity index (χ2n) is 5.77. The van der Waals surface area contributed by atoms with Crippen LogP contribution in [0.1, 0.15) is 17.5 Å². The standard InChI is InChI=1S/C13H21N7O2/c1-18(2)13-14-12(22-16-13)8-20-5-9(11(7-20)21-4)10-6-19(3)17-15-10/h6,9,11H,5,7-8H2,1-4H3/t9-,11+/m0/s1. The summed E-state index contributed by atoms with van der Waals surface area (Å²) in [4.78, 5) is 8.41. The number of nitrogens with zero attached hydrogens (tertiary/aromatic N) is 7. The van der Waals surface area contributed by atoms with Crippen LogP contribution < -0.4 is 4.90 Å². The third kappa shape index (κ3) is 2.95. The zero-order chi connectivity index (χ0) is 15.7. The molecule has 0 unspecified atom stereocenters. The lowest BCUT2D eigenvalue weighted by Gasteiger charge is -2.13. The molecule has 9 nitrogen and oxygen atoms in total. The Kier molecular flexibility index (Phi) is 4.08. The number of aromatic nitrogens is 5. The predicted molar refractivity (Wildman–Crippen MR) is 78.4 cm³/mol. The second-order valence-corrected chi connectivity index (χ2v) is 5.77. The average molecular weight is 307 g/mol. The van der Waals surface area contributed by atoms with Crippen molar-refractivity contribution < 1.29 is 9.26 Å². The van der Waals surface area contributed by atoms with Crippen molar-refractivity contribution >= 4 is 5.95 Å². The molecular weight excluding hydrogens is 286 g/mol. The molecule has 3 rings (SSSR count). The normalized spacial score (nSPS) is 22.4. The van der Waals surface area contributed by atoms with Crippen molar-refractivity contribution in [2.24, 2.45) is 7.05 Å². The van der Waals surface area contributed by atoms with E-state index >= 15 is 0 Å². The van der Waals surface area contributed by atoms with E-state index in [0.29, 0.717) is 18.4 Å². The van der Waals surface area contributed by atoms with Crippen molar-refractivity contribution in [3.8, 4) is 0 Å². The van der Waals surface area contributed by atoms with E-state index in [0.717, 1.165) is 18.8 Å². The van der Waals surface area contributed by atoms with Gasteiger partial charge in [-0.15, -0.1) is 5.10 Å². The first-order chi connectivity index (χ1) is 10.6. The van der Waals surface area contributed by atoms with Gasteiger partial charge in [0.05, 0.1) is 18.3 Å². The van der Waals surface area contributed by atoms with Gasteiger partial charge in [-0.2, -0.15) is 4.98 Å². The zero-order valence-electron chi connectivity index (χ0n) is 13.3. The van der Waals surface area contributed by atoms with Crippen LogP contribution in [0, 0.1) is 0 Å². The van der Waals surface area contributed by atoms with Crippen LogP contribution in [0.15, 0.2) is 10.7 Å². The maximum atomic E-state index is 5.61. The summed E-state index contributed by atoms with van der Waals surface area (Å²) in [7, 11) is 7.37. The number of ether oxygens (including phenoxy) is 1. The van der Waals surface area contributed by atoms with Crippen LogP contribution in [-0.4, -0.2) is 70.4 Å². The molecule has 9 heteroatoms. The van der Waals surface area contributed by atoms with Gasteiger partial charge >= 0.3 is 0 Å². The van der Waals surface area contributed by atoms with Gasteiger partial charge in [0.15, 0.2) is 0 Å². The maximum Gasteiger partial charge on any atom is 0.265 e. The summed E-state index contributed by atoms with van der Waals surface area (Å²) in [6.07, 6.45) is 2.03. The molecule has 1 saturated heterocycles. The Hall–Kier alpha value is -2.00. The van der Waals surface area contributed by atoms with Crippen molar-refractivity contribution in [1.29, 1.82) is 0 Å². The van der Waals surface area contributed by atoms with E-state index in [1.807, 2.05) is 32.2 Å². The van der Waals surface area contributed by atoms with Crippen LogP contribution in [0.3, 0.4) is 0 Å². The van der Waals surface area contributed by atoms with Crippen LogP contribution in [0.5, 0.6) is 0 Å². The molecular formula is C13H21N7O2. The quantitative estimate of drug-likeness (QED) is 0.756. The van der Waals surface area contributed by atoms with Gasteiger partial charge in [-0.1, -0.05) is 5.21 Å². The highest BCUT2D eigenvalue weighted by Crippen LogP contribution is 2.29. The van der Waals surface area contributed by atoms with Crippen LogP contribution in [-0.2, 0) is 18.3 Å². The first-order valence-corrected chi connectivity index (χ1v) is 7.18. The molecule has 2 aromatic heterocycles. The number of hydrogen-bond acceptors (Lipinski definition) is 8. The van der Waals surface area contributed by atoms with Crippen LogP contribution in [0.25, 0.3) is 0 Å². The van der Waals surface area contributed by atoms with E-state index in [9.17, 15) is 0 Å². The summed E-state index contributed by atoms with van der Waals surface area (Å²) in [6, 6.07) is 0. The molecule has 0 saturated carbocycles. The van der Waals surface area contributed by atoms with Crippen molar-refractivity contribution in [3.05, 3.63) is 17.8 Å². The zero-order valence-corrected chi connectivity index (χ0v) is 13.3. The molecule has 0 amide bonds. The van der Waals surface area contributed by atoms with Crippen molar-refractivity contribution in [1.82, 2.24) is 30.0 Å². The molecule has 1 aliphatic heterocycles. The van der Waals surface area contributed by atoms with E-state index in [2.05, 4.69) is 25.4 Å². The fourth-order valence-corrected chi connectivity index (χ4v) is 2.72.